The molecule has 0 bridgehead atoms. The van der Waals surface area contributed by atoms with Gasteiger partial charge in [-0.05, 0) is 18.7 Å². The van der Waals surface area contributed by atoms with E-state index < -0.39 is 0 Å². The molecule has 0 saturated carbocycles. The number of benzene rings is 1. The molecule has 0 aliphatic heterocycles. The fraction of sp³-hybridized carbons (Fsp3) is 0.385. The second-order valence-electron chi connectivity index (χ2n) is 4.33. The van der Waals surface area contributed by atoms with Crippen LogP contribution in [0.5, 0.6) is 0 Å². The van der Waals surface area contributed by atoms with Crippen molar-refractivity contribution in [3.8, 4) is 0 Å². The Morgan fingerprint density at radius 1 is 1.32 bits per heavy atom. The number of likely N-dealkylation sites (N-methyl/N-ethyl adjacent to an activating group) is 1. The summed E-state index contributed by atoms with van der Waals surface area (Å²) in [7, 11) is 1.85. The molecule has 1 unspecified atom stereocenters. The lowest BCUT2D eigenvalue weighted by Gasteiger charge is -2.19. The fourth-order valence-electron chi connectivity index (χ4n) is 2.06. The minimum absolute atomic E-state index is 0.0305. The van der Waals surface area contributed by atoms with Gasteiger partial charge in [-0.1, -0.05) is 41.4 Å². The van der Waals surface area contributed by atoms with Crippen LogP contribution in [0.1, 0.15) is 24.2 Å². The highest BCUT2D eigenvalue weighted by atomic mass is 35.5. The van der Waals surface area contributed by atoms with Gasteiger partial charge >= 0.3 is 0 Å². The molecule has 0 amide bonds. The lowest BCUT2D eigenvalue weighted by Crippen LogP contribution is -2.23. The fourth-order valence-corrected chi connectivity index (χ4v) is 2.73. The Hall–Kier alpha value is -1.10. The smallest absolute Gasteiger partial charge is 0.0845 e. The molecule has 1 aromatic carbocycles. The molecule has 102 valence electrons. The first-order valence-electron chi connectivity index (χ1n) is 6.14. The molecule has 0 aliphatic carbocycles. The van der Waals surface area contributed by atoms with Crippen molar-refractivity contribution in [2.24, 2.45) is 7.05 Å². The van der Waals surface area contributed by atoms with Crippen LogP contribution in [-0.4, -0.2) is 21.5 Å². The van der Waals surface area contributed by atoms with Gasteiger partial charge in [0.25, 0.3) is 0 Å². The first-order chi connectivity index (χ1) is 9.11. The molecule has 0 saturated heterocycles. The molecular weight excluding hydrogens is 283 g/mol. The minimum atomic E-state index is 0.0305. The molecule has 2 aromatic rings. The average Bonchev–Trinajstić information content (AvgIpc) is 2.75. The van der Waals surface area contributed by atoms with Crippen molar-refractivity contribution in [3.63, 3.8) is 0 Å². The molecule has 0 radical (unpaired) electrons. The quantitative estimate of drug-likeness (QED) is 0.923. The number of aromatic nitrogens is 3. The number of nitrogens with zero attached hydrogens (tertiary/aromatic N) is 3. The lowest BCUT2D eigenvalue weighted by molar-refractivity contribution is 0.544. The van der Waals surface area contributed by atoms with Gasteiger partial charge in [-0.15, -0.1) is 5.10 Å². The first-order valence-corrected chi connectivity index (χ1v) is 6.90. The Morgan fingerprint density at radius 3 is 2.53 bits per heavy atom. The van der Waals surface area contributed by atoms with Crippen molar-refractivity contribution in [1.82, 2.24) is 20.3 Å². The summed E-state index contributed by atoms with van der Waals surface area (Å²) in [6.45, 7) is 2.88. The zero-order valence-electron chi connectivity index (χ0n) is 10.9. The number of nitrogens with one attached hydrogen (secondary N) is 1. The predicted octanol–water partition coefficient (Wildman–Crippen LogP) is 3.02. The lowest BCUT2D eigenvalue weighted by atomic mass is 10.0. The molecule has 2 rings (SSSR count). The first kappa shape index (κ1) is 14.3. The average molecular weight is 299 g/mol. The Kier molecular flexibility index (Phi) is 4.80. The standard InChI is InChI=1S/C13H16Cl2N4/c1-3-16-12(7-9-8-19(2)18-17-9)13-10(14)5-4-6-11(13)15/h4-6,8,12,16H,3,7H2,1-2H3. The Labute approximate surface area is 122 Å². The highest BCUT2D eigenvalue weighted by Gasteiger charge is 2.18. The van der Waals surface area contributed by atoms with Gasteiger partial charge in [-0.25, -0.2) is 0 Å². The van der Waals surface area contributed by atoms with Crippen LogP contribution >= 0.6 is 23.2 Å². The van der Waals surface area contributed by atoms with Crippen molar-refractivity contribution >= 4 is 23.2 Å². The second-order valence-corrected chi connectivity index (χ2v) is 5.15. The van der Waals surface area contributed by atoms with E-state index >= 15 is 0 Å². The van der Waals surface area contributed by atoms with E-state index in [0.717, 1.165) is 17.8 Å². The molecule has 19 heavy (non-hydrogen) atoms. The third kappa shape index (κ3) is 3.47. The van der Waals surface area contributed by atoms with Crippen molar-refractivity contribution in [2.75, 3.05) is 6.54 Å². The molecule has 0 fully saturated rings. The maximum absolute atomic E-state index is 6.27. The number of aryl methyl sites for hydroxylation is 1. The highest BCUT2D eigenvalue weighted by molar-refractivity contribution is 6.36. The van der Waals surface area contributed by atoms with E-state index in [2.05, 4.69) is 22.6 Å². The Morgan fingerprint density at radius 2 is 2.00 bits per heavy atom. The van der Waals surface area contributed by atoms with Crippen LogP contribution < -0.4 is 5.32 Å². The molecule has 1 N–H and O–H groups in total. The topological polar surface area (TPSA) is 42.7 Å². The Balaban J connectivity index is 2.29. The zero-order chi connectivity index (χ0) is 13.8. The van der Waals surface area contributed by atoms with E-state index in [-0.39, 0.29) is 6.04 Å². The van der Waals surface area contributed by atoms with Gasteiger partial charge in [0.2, 0.25) is 0 Å². The summed E-state index contributed by atoms with van der Waals surface area (Å²) in [5.74, 6) is 0. The predicted molar refractivity (Wildman–Crippen MR) is 77.6 cm³/mol. The molecule has 6 heteroatoms. The van der Waals surface area contributed by atoms with E-state index in [0.29, 0.717) is 16.5 Å². The van der Waals surface area contributed by atoms with Gasteiger partial charge in [-0.3, -0.25) is 4.68 Å². The SMILES string of the molecule is CCNC(Cc1cn(C)nn1)c1c(Cl)cccc1Cl. The van der Waals surface area contributed by atoms with Crippen molar-refractivity contribution < 1.29 is 0 Å². The van der Waals surface area contributed by atoms with Gasteiger partial charge in [0.1, 0.15) is 0 Å². The van der Waals surface area contributed by atoms with Gasteiger partial charge in [0, 0.05) is 41.3 Å². The van der Waals surface area contributed by atoms with E-state index in [1.165, 1.54) is 0 Å². The van der Waals surface area contributed by atoms with Crippen LogP contribution in [0.2, 0.25) is 10.0 Å². The summed E-state index contributed by atoms with van der Waals surface area (Å²) < 4.78 is 1.69. The third-order valence-electron chi connectivity index (χ3n) is 2.86. The molecular formula is C13H16Cl2N4. The summed E-state index contributed by atoms with van der Waals surface area (Å²) >= 11 is 12.5. The molecule has 1 aromatic heterocycles. The summed E-state index contributed by atoms with van der Waals surface area (Å²) in [4.78, 5) is 0. The molecule has 0 spiro atoms. The highest BCUT2D eigenvalue weighted by Crippen LogP contribution is 2.31. The van der Waals surface area contributed by atoms with Gasteiger partial charge in [0.15, 0.2) is 0 Å². The summed E-state index contributed by atoms with van der Waals surface area (Å²) in [6, 6.07) is 5.58. The summed E-state index contributed by atoms with van der Waals surface area (Å²) in [5, 5.41) is 12.8. The number of halogens is 2. The van der Waals surface area contributed by atoms with E-state index in [4.69, 9.17) is 23.2 Å². The molecule has 4 nitrogen and oxygen atoms in total. The van der Waals surface area contributed by atoms with E-state index in [1.54, 1.807) is 4.68 Å². The largest absolute Gasteiger partial charge is 0.310 e. The van der Waals surface area contributed by atoms with Gasteiger partial charge in [-0.2, -0.15) is 0 Å². The number of hydrogen-bond acceptors (Lipinski definition) is 3. The molecule has 1 atom stereocenters. The normalized spacial score (nSPS) is 12.6. The molecule has 1 heterocycles. The van der Waals surface area contributed by atoms with E-state index in [9.17, 15) is 0 Å². The monoisotopic (exact) mass is 298 g/mol. The van der Waals surface area contributed by atoms with Crippen molar-refractivity contribution in [3.05, 3.63) is 45.7 Å². The maximum Gasteiger partial charge on any atom is 0.0845 e. The van der Waals surface area contributed by atoms with Crippen LogP contribution in [0.15, 0.2) is 24.4 Å². The summed E-state index contributed by atoms with van der Waals surface area (Å²) in [6.07, 6.45) is 2.60. The maximum atomic E-state index is 6.27. The zero-order valence-corrected chi connectivity index (χ0v) is 12.4. The van der Waals surface area contributed by atoms with Crippen LogP contribution in [-0.2, 0) is 13.5 Å². The van der Waals surface area contributed by atoms with Crippen molar-refractivity contribution in [2.45, 2.75) is 19.4 Å². The van der Waals surface area contributed by atoms with Gasteiger partial charge in [0.05, 0.1) is 5.69 Å². The van der Waals surface area contributed by atoms with Gasteiger partial charge < -0.3 is 5.32 Å². The number of rotatable bonds is 5. The van der Waals surface area contributed by atoms with Crippen LogP contribution in [0.3, 0.4) is 0 Å². The third-order valence-corrected chi connectivity index (χ3v) is 3.52. The molecule has 0 aliphatic rings. The summed E-state index contributed by atoms with van der Waals surface area (Å²) in [5.41, 5.74) is 1.82. The van der Waals surface area contributed by atoms with Crippen LogP contribution in [0.4, 0.5) is 0 Å². The van der Waals surface area contributed by atoms with E-state index in [1.807, 2.05) is 31.4 Å². The number of hydrogen-bond donors (Lipinski definition) is 1. The van der Waals surface area contributed by atoms with Crippen LogP contribution in [0.25, 0.3) is 0 Å². The van der Waals surface area contributed by atoms with Crippen molar-refractivity contribution in [1.29, 1.82) is 0 Å². The minimum Gasteiger partial charge on any atom is -0.310 e. The van der Waals surface area contributed by atoms with Crippen LogP contribution in [0, 0.1) is 0 Å². The second kappa shape index (κ2) is 6.37. The Bertz CT molecular complexity index is 533.